The maximum Gasteiger partial charge on any atom is 0.266 e. The molecular weight excluding hydrogens is 614 g/mol. The largest absolute Gasteiger partial charge is 0.487 e. The second-order valence-corrected chi connectivity index (χ2v) is 9.35. The highest BCUT2D eigenvalue weighted by atomic mass is 127. The van der Waals surface area contributed by atoms with Crippen LogP contribution in [0, 0.1) is 32.3 Å². The maximum absolute atomic E-state index is 12.7. The molecule has 0 aliphatic rings. The Morgan fingerprint density at radius 3 is 2.39 bits per heavy atom. The zero-order valence-electron chi connectivity index (χ0n) is 17.1. The lowest BCUT2D eigenvalue weighted by Gasteiger charge is -2.12. The summed E-state index contributed by atoms with van der Waals surface area (Å²) < 4.78 is 7.84. The maximum atomic E-state index is 12.7. The van der Waals surface area contributed by atoms with E-state index in [0.717, 1.165) is 35.1 Å². The first kappa shape index (κ1) is 23.3. The topological polar surface area (TPSA) is 62.1 Å². The second-order valence-electron chi connectivity index (χ2n) is 7.03. The molecule has 0 saturated heterocycles. The van der Waals surface area contributed by atoms with Crippen molar-refractivity contribution in [3.63, 3.8) is 0 Å². The third kappa shape index (κ3) is 6.31. The summed E-state index contributed by atoms with van der Waals surface area (Å²) in [6.45, 7) is 4.36. The average molecular weight is 634 g/mol. The van der Waals surface area contributed by atoms with Crippen LogP contribution in [0.4, 0.5) is 5.69 Å². The SMILES string of the molecule is Cc1ccc(C)c(NC(=O)/C(C#N)=C/c2cc(I)c(OCc3ccccc3)c(I)c2)c1. The number of hydrogen-bond donors (Lipinski definition) is 1. The molecule has 0 aliphatic carbocycles. The van der Waals surface area contributed by atoms with E-state index in [1.165, 1.54) is 0 Å². The van der Waals surface area contributed by atoms with Crippen LogP contribution in [0.5, 0.6) is 5.75 Å². The first-order valence-corrected chi connectivity index (χ1v) is 11.7. The minimum absolute atomic E-state index is 0.0467. The zero-order chi connectivity index (χ0) is 22.4. The summed E-state index contributed by atoms with van der Waals surface area (Å²) in [5.41, 5.74) is 4.60. The standard InChI is InChI=1S/C25H20I2N2O2/c1-16-8-9-17(2)23(10-16)29-25(30)20(14-28)11-19-12-21(26)24(22(27)13-19)31-15-18-6-4-3-5-7-18/h3-13H,15H2,1-2H3,(H,29,30)/b20-11+. The Morgan fingerprint density at radius 1 is 1.06 bits per heavy atom. The van der Waals surface area contributed by atoms with Crippen molar-refractivity contribution in [2.75, 3.05) is 5.32 Å². The Labute approximate surface area is 209 Å². The number of nitriles is 1. The molecule has 3 aromatic carbocycles. The van der Waals surface area contributed by atoms with Gasteiger partial charge in [-0.2, -0.15) is 5.26 Å². The predicted octanol–water partition coefficient (Wildman–Crippen LogP) is 6.64. The monoisotopic (exact) mass is 634 g/mol. The highest BCUT2D eigenvalue weighted by molar-refractivity contribution is 14.1. The number of aryl methyl sites for hydroxylation is 2. The molecule has 3 rings (SSSR count). The lowest BCUT2D eigenvalue weighted by Crippen LogP contribution is -2.14. The minimum Gasteiger partial charge on any atom is -0.487 e. The second kappa shape index (κ2) is 10.8. The van der Waals surface area contributed by atoms with Crippen molar-refractivity contribution >= 4 is 62.9 Å². The van der Waals surface area contributed by atoms with Gasteiger partial charge in [-0.25, -0.2) is 0 Å². The van der Waals surface area contributed by atoms with Gasteiger partial charge < -0.3 is 10.1 Å². The van der Waals surface area contributed by atoms with Crippen LogP contribution in [0.25, 0.3) is 6.08 Å². The first-order chi connectivity index (χ1) is 14.9. The summed E-state index contributed by atoms with van der Waals surface area (Å²) in [7, 11) is 0. The van der Waals surface area contributed by atoms with Crippen molar-refractivity contribution in [1.82, 2.24) is 0 Å². The van der Waals surface area contributed by atoms with Crippen LogP contribution in [-0.2, 0) is 11.4 Å². The van der Waals surface area contributed by atoms with Crippen LogP contribution in [0.3, 0.4) is 0 Å². The molecule has 0 saturated carbocycles. The van der Waals surface area contributed by atoms with Gasteiger partial charge in [0.05, 0.1) is 7.14 Å². The van der Waals surface area contributed by atoms with Crippen molar-refractivity contribution in [2.24, 2.45) is 0 Å². The number of halogens is 2. The van der Waals surface area contributed by atoms with Crippen LogP contribution in [0.2, 0.25) is 0 Å². The summed E-state index contributed by atoms with van der Waals surface area (Å²) in [6.07, 6.45) is 1.60. The van der Waals surface area contributed by atoms with Gasteiger partial charge in [-0.15, -0.1) is 0 Å². The van der Waals surface area contributed by atoms with E-state index in [1.54, 1.807) is 6.08 Å². The van der Waals surface area contributed by atoms with Crippen molar-refractivity contribution in [1.29, 1.82) is 5.26 Å². The fraction of sp³-hybridized carbons (Fsp3) is 0.120. The first-order valence-electron chi connectivity index (χ1n) is 9.53. The van der Waals surface area contributed by atoms with Gasteiger partial charge in [-0.1, -0.05) is 42.5 Å². The quantitative estimate of drug-likeness (QED) is 0.188. The van der Waals surface area contributed by atoms with Crippen LogP contribution in [-0.4, -0.2) is 5.91 Å². The summed E-state index contributed by atoms with van der Waals surface area (Å²) in [4.78, 5) is 12.7. The van der Waals surface area contributed by atoms with Gasteiger partial charge in [0.15, 0.2) is 0 Å². The summed E-state index contributed by atoms with van der Waals surface area (Å²) in [6, 6.07) is 21.6. The molecule has 4 nitrogen and oxygen atoms in total. The molecular formula is C25H20I2N2O2. The summed E-state index contributed by atoms with van der Waals surface area (Å²) in [5.74, 6) is 0.367. The van der Waals surface area contributed by atoms with Gasteiger partial charge in [-0.3, -0.25) is 4.79 Å². The van der Waals surface area contributed by atoms with Crippen LogP contribution in [0.1, 0.15) is 22.3 Å². The molecule has 6 heteroatoms. The molecule has 0 unspecified atom stereocenters. The lowest BCUT2D eigenvalue weighted by molar-refractivity contribution is -0.112. The fourth-order valence-corrected chi connectivity index (χ4v) is 5.03. The molecule has 0 bridgehead atoms. The number of benzene rings is 3. The number of anilines is 1. The van der Waals surface area contributed by atoms with Gasteiger partial charge in [0.25, 0.3) is 5.91 Å². The van der Waals surface area contributed by atoms with E-state index in [1.807, 2.05) is 80.6 Å². The molecule has 31 heavy (non-hydrogen) atoms. The molecule has 1 N–H and O–H groups in total. The number of amides is 1. The molecule has 3 aromatic rings. The smallest absolute Gasteiger partial charge is 0.266 e. The number of ether oxygens (including phenoxy) is 1. The molecule has 0 aromatic heterocycles. The van der Waals surface area contributed by atoms with Gasteiger partial charge >= 0.3 is 0 Å². The van der Waals surface area contributed by atoms with E-state index in [2.05, 4.69) is 50.5 Å². The van der Waals surface area contributed by atoms with E-state index in [0.29, 0.717) is 12.3 Å². The van der Waals surface area contributed by atoms with Crippen molar-refractivity contribution in [3.8, 4) is 11.8 Å². The number of nitrogens with zero attached hydrogens (tertiary/aromatic N) is 1. The number of hydrogen-bond acceptors (Lipinski definition) is 3. The number of rotatable bonds is 6. The highest BCUT2D eigenvalue weighted by Crippen LogP contribution is 2.30. The third-order valence-electron chi connectivity index (χ3n) is 4.56. The number of carbonyl (C=O) groups excluding carboxylic acids is 1. The van der Waals surface area contributed by atoms with E-state index in [9.17, 15) is 10.1 Å². The van der Waals surface area contributed by atoms with Gasteiger partial charge in [0.1, 0.15) is 24.0 Å². The average Bonchev–Trinajstić information content (AvgIpc) is 2.74. The zero-order valence-corrected chi connectivity index (χ0v) is 21.4. The van der Waals surface area contributed by atoms with E-state index in [4.69, 9.17) is 4.74 Å². The molecule has 0 atom stereocenters. The Balaban J connectivity index is 1.79. The molecule has 1 amide bonds. The number of carbonyl (C=O) groups is 1. The Bertz CT molecular complexity index is 1160. The molecule has 0 aliphatic heterocycles. The Kier molecular flexibility index (Phi) is 8.09. The Morgan fingerprint density at radius 2 is 1.74 bits per heavy atom. The summed E-state index contributed by atoms with van der Waals surface area (Å²) in [5, 5.41) is 12.4. The van der Waals surface area contributed by atoms with E-state index < -0.39 is 5.91 Å². The molecule has 0 spiro atoms. The lowest BCUT2D eigenvalue weighted by atomic mass is 10.1. The molecule has 0 radical (unpaired) electrons. The summed E-state index contributed by atoms with van der Waals surface area (Å²) >= 11 is 4.43. The van der Waals surface area contributed by atoms with Crippen LogP contribution >= 0.6 is 45.2 Å². The fourth-order valence-electron chi connectivity index (χ4n) is 2.91. The minimum atomic E-state index is -0.425. The van der Waals surface area contributed by atoms with E-state index in [-0.39, 0.29) is 5.57 Å². The predicted molar refractivity (Wildman–Crippen MR) is 141 cm³/mol. The van der Waals surface area contributed by atoms with Gasteiger partial charge in [0.2, 0.25) is 0 Å². The third-order valence-corrected chi connectivity index (χ3v) is 6.17. The van der Waals surface area contributed by atoms with E-state index >= 15 is 0 Å². The van der Waals surface area contributed by atoms with Crippen LogP contribution < -0.4 is 10.1 Å². The Hall–Kier alpha value is -2.38. The van der Waals surface area contributed by atoms with Crippen molar-refractivity contribution in [3.05, 3.63) is 95.6 Å². The van der Waals surface area contributed by atoms with Crippen molar-refractivity contribution < 1.29 is 9.53 Å². The van der Waals surface area contributed by atoms with Crippen LogP contribution in [0.15, 0.2) is 66.2 Å². The van der Waals surface area contributed by atoms with Gasteiger partial charge in [-0.05, 0) is 106 Å². The van der Waals surface area contributed by atoms with Crippen molar-refractivity contribution in [2.45, 2.75) is 20.5 Å². The highest BCUT2D eigenvalue weighted by Gasteiger charge is 2.13. The molecule has 0 fully saturated rings. The van der Waals surface area contributed by atoms with Gasteiger partial charge in [0, 0.05) is 5.69 Å². The number of nitrogens with one attached hydrogen (secondary N) is 1. The normalized spacial score (nSPS) is 11.0. The molecule has 156 valence electrons. The molecule has 0 heterocycles.